The van der Waals surface area contributed by atoms with E-state index in [0.717, 1.165) is 34.8 Å². The second-order valence-electron chi connectivity index (χ2n) is 13.5. The number of methoxy groups -OCH3 is 1. The van der Waals surface area contributed by atoms with Gasteiger partial charge in [-0.05, 0) is 65.6 Å². The Labute approximate surface area is 265 Å². The predicted molar refractivity (Wildman–Crippen MR) is 173 cm³/mol. The van der Waals surface area contributed by atoms with E-state index in [9.17, 15) is 14.4 Å². The lowest BCUT2D eigenvalue weighted by Crippen LogP contribution is -2.52. The monoisotopic (exact) mass is 614 g/mol. The molecule has 0 spiro atoms. The zero-order chi connectivity index (χ0) is 31.7. The number of benzene rings is 2. The highest BCUT2D eigenvalue weighted by molar-refractivity contribution is 6.08. The number of urea groups is 1. The van der Waals surface area contributed by atoms with Crippen molar-refractivity contribution in [2.75, 3.05) is 13.7 Å². The summed E-state index contributed by atoms with van der Waals surface area (Å²) in [5, 5.41) is 5.93. The summed E-state index contributed by atoms with van der Waals surface area (Å²) < 4.78 is 11.5. The Hall–Kier alpha value is -3.85. The number of amides is 4. The average molecular weight is 615 g/mol. The summed E-state index contributed by atoms with van der Waals surface area (Å²) in [6.07, 6.45) is 11.2. The van der Waals surface area contributed by atoms with Gasteiger partial charge in [0, 0.05) is 23.5 Å². The normalized spacial score (nSPS) is 26.2. The summed E-state index contributed by atoms with van der Waals surface area (Å²) in [6, 6.07) is 12.3. The van der Waals surface area contributed by atoms with Crippen molar-refractivity contribution in [3.63, 3.8) is 0 Å². The van der Waals surface area contributed by atoms with E-state index < -0.39 is 17.5 Å². The summed E-state index contributed by atoms with van der Waals surface area (Å²) in [6.45, 7) is 4.96. The molecule has 2 aliphatic heterocycles. The van der Waals surface area contributed by atoms with Crippen LogP contribution in [0.25, 0.3) is 11.0 Å². The van der Waals surface area contributed by atoms with Crippen molar-refractivity contribution >= 4 is 28.8 Å². The largest absolute Gasteiger partial charge is 0.497 e. The highest BCUT2D eigenvalue weighted by Gasteiger charge is 2.53. The SMILES string of the molecule is CCCC1CCCCC(CC(N)c2ccc3oc(C4(CN5Cc6ccc(OC)cc6C5=O)NC(=O)NC4=O)cc3c2)CCC1C. The highest BCUT2D eigenvalue weighted by atomic mass is 16.5. The molecule has 4 N–H and O–H groups in total. The Morgan fingerprint density at radius 1 is 1.07 bits per heavy atom. The fourth-order valence-corrected chi connectivity index (χ4v) is 7.77. The van der Waals surface area contributed by atoms with Crippen LogP contribution in [0, 0.1) is 17.8 Å². The lowest BCUT2D eigenvalue weighted by Gasteiger charge is -2.29. The van der Waals surface area contributed by atoms with Crippen LogP contribution >= 0.6 is 0 Å². The highest BCUT2D eigenvalue weighted by Crippen LogP contribution is 2.38. The molecule has 240 valence electrons. The first kappa shape index (κ1) is 31.1. The first-order chi connectivity index (χ1) is 21.7. The molecule has 0 bridgehead atoms. The van der Waals surface area contributed by atoms with Crippen molar-refractivity contribution in [2.24, 2.45) is 23.5 Å². The number of rotatable bonds is 9. The van der Waals surface area contributed by atoms with Crippen LogP contribution in [0.5, 0.6) is 5.75 Å². The number of nitrogens with two attached hydrogens (primary N) is 1. The molecule has 1 saturated heterocycles. The average Bonchev–Trinajstić information content (AvgIpc) is 3.70. The molecule has 2 fully saturated rings. The van der Waals surface area contributed by atoms with Gasteiger partial charge in [0.15, 0.2) is 5.54 Å². The minimum atomic E-state index is -1.57. The maximum absolute atomic E-state index is 13.4. The van der Waals surface area contributed by atoms with Gasteiger partial charge in [-0.3, -0.25) is 14.9 Å². The van der Waals surface area contributed by atoms with Gasteiger partial charge in [-0.15, -0.1) is 0 Å². The van der Waals surface area contributed by atoms with E-state index in [2.05, 4.69) is 24.5 Å². The van der Waals surface area contributed by atoms with E-state index in [1.807, 2.05) is 24.3 Å². The predicted octanol–water partition coefficient (Wildman–Crippen LogP) is 6.54. The number of hydrogen-bond donors (Lipinski definition) is 3. The summed E-state index contributed by atoms with van der Waals surface area (Å²) in [7, 11) is 1.55. The molecule has 6 rings (SSSR count). The minimum absolute atomic E-state index is 0.0776. The van der Waals surface area contributed by atoms with Crippen LogP contribution in [0.2, 0.25) is 0 Å². The maximum atomic E-state index is 13.4. The molecule has 9 heteroatoms. The zero-order valence-electron chi connectivity index (χ0n) is 26.7. The Bertz CT molecular complexity index is 1580. The Kier molecular flexibility index (Phi) is 8.91. The lowest BCUT2D eigenvalue weighted by molar-refractivity contribution is -0.125. The van der Waals surface area contributed by atoms with Crippen LogP contribution in [0.15, 0.2) is 46.9 Å². The topological polar surface area (TPSA) is 127 Å². The number of furan rings is 1. The van der Waals surface area contributed by atoms with Crippen LogP contribution in [0.4, 0.5) is 4.79 Å². The molecule has 0 radical (unpaired) electrons. The first-order valence-corrected chi connectivity index (χ1v) is 16.6. The number of carbonyl (C=O) groups excluding carboxylic acids is 3. The zero-order valence-corrected chi connectivity index (χ0v) is 26.7. The van der Waals surface area contributed by atoms with Gasteiger partial charge < -0.3 is 25.1 Å². The smallest absolute Gasteiger partial charge is 0.322 e. The number of fused-ring (bicyclic) bond motifs is 2. The quantitative estimate of drug-likeness (QED) is 0.235. The van der Waals surface area contributed by atoms with Crippen molar-refractivity contribution in [3.05, 3.63) is 64.9 Å². The van der Waals surface area contributed by atoms with Crippen LogP contribution in [-0.4, -0.2) is 36.4 Å². The van der Waals surface area contributed by atoms with Crippen molar-refractivity contribution in [2.45, 2.75) is 89.8 Å². The van der Waals surface area contributed by atoms with E-state index in [1.54, 1.807) is 30.2 Å². The van der Waals surface area contributed by atoms with Crippen LogP contribution in [0.1, 0.15) is 105 Å². The lowest BCUT2D eigenvalue weighted by atomic mass is 9.82. The molecule has 3 aromatic rings. The van der Waals surface area contributed by atoms with Gasteiger partial charge >= 0.3 is 6.03 Å². The Morgan fingerprint density at radius 2 is 1.89 bits per heavy atom. The van der Waals surface area contributed by atoms with Gasteiger partial charge in [-0.25, -0.2) is 4.79 Å². The molecule has 5 atom stereocenters. The van der Waals surface area contributed by atoms with Gasteiger partial charge in [0.05, 0.1) is 13.7 Å². The van der Waals surface area contributed by atoms with Crippen LogP contribution < -0.4 is 21.1 Å². The third-order valence-electron chi connectivity index (χ3n) is 10.5. The summed E-state index contributed by atoms with van der Waals surface area (Å²) in [5.74, 6) is 2.27. The third-order valence-corrected chi connectivity index (χ3v) is 10.5. The van der Waals surface area contributed by atoms with E-state index in [4.69, 9.17) is 14.9 Å². The number of nitrogens with zero attached hydrogens (tertiary/aromatic N) is 1. The molecule has 2 aromatic carbocycles. The Balaban J connectivity index is 1.21. The van der Waals surface area contributed by atoms with Crippen LogP contribution in [0.3, 0.4) is 0 Å². The third kappa shape index (κ3) is 6.19. The first-order valence-electron chi connectivity index (χ1n) is 16.6. The van der Waals surface area contributed by atoms with Crippen molar-refractivity contribution in [1.82, 2.24) is 15.5 Å². The molecule has 45 heavy (non-hydrogen) atoms. The van der Waals surface area contributed by atoms with Gasteiger partial charge in [0.25, 0.3) is 11.8 Å². The molecule has 1 aliphatic carbocycles. The van der Waals surface area contributed by atoms with Crippen LogP contribution in [-0.2, 0) is 16.9 Å². The van der Waals surface area contributed by atoms with Gasteiger partial charge in [-0.2, -0.15) is 0 Å². The second kappa shape index (κ2) is 12.9. The molecule has 5 unspecified atom stereocenters. The molecular formula is C36H46N4O5. The fourth-order valence-electron chi connectivity index (χ4n) is 7.77. The molecule has 1 aromatic heterocycles. The van der Waals surface area contributed by atoms with Crippen molar-refractivity contribution < 1.29 is 23.5 Å². The molecule has 1 saturated carbocycles. The van der Waals surface area contributed by atoms with Gasteiger partial charge in [0.1, 0.15) is 17.1 Å². The fraction of sp³-hybridized carbons (Fsp3) is 0.528. The van der Waals surface area contributed by atoms with E-state index in [0.29, 0.717) is 29.4 Å². The molecule has 9 nitrogen and oxygen atoms in total. The molecule has 4 amide bonds. The number of ether oxygens (including phenoxy) is 1. The van der Waals surface area contributed by atoms with E-state index >= 15 is 0 Å². The molecule has 3 heterocycles. The minimum Gasteiger partial charge on any atom is -0.497 e. The van der Waals surface area contributed by atoms with E-state index in [1.165, 1.54) is 51.4 Å². The number of imide groups is 1. The molecule has 3 aliphatic rings. The number of hydrogen-bond acceptors (Lipinski definition) is 6. The van der Waals surface area contributed by atoms with E-state index in [-0.39, 0.29) is 24.3 Å². The number of carbonyl (C=O) groups is 3. The number of nitrogens with one attached hydrogen (secondary N) is 2. The standard InChI is InChI=1S/C36H46N4O5/c1-4-7-24-9-6-5-8-23(11-10-22(24)2)16-30(37)25-13-15-31-27(17-25)18-32(45-31)36(34(42)38-35(43)39-36)21-40-20-26-12-14-28(44-3)19-29(26)33(40)41/h12-15,17-19,22-24,30H,4-11,16,20-21,37H2,1-3H3,(H2,38,39,42,43). The van der Waals surface area contributed by atoms with Gasteiger partial charge in [0.2, 0.25) is 0 Å². The summed E-state index contributed by atoms with van der Waals surface area (Å²) in [5.41, 5.74) is 8.24. The van der Waals surface area contributed by atoms with Gasteiger partial charge in [-0.1, -0.05) is 77.3 Å². The molecular weight excluding hydrogens is 568 g/mol. The Morgan fingerprint density at radius 3 is 2.64 bits per heavy atom. The van der Waals surface area contributed by atoms with Crippen molar-refractivity contribution in [3.8, 4) is 5.75 Å². The summed E-state index contributed by atoms with van der Waals surface area (Å²) in [4.78, 5) is 40.8. The maximum Gasteiger partial charge on any atom is 0.322 e. The van der Waals surface area contributed by atoms with Crippen molar-refractivity contribution in [1.29, 1.82) is 0 Å². The summed E-state index contributed by atoms with van der Waals surface area (Å²) >= 11 is 0. The second-order valence-corrected chi connectivity index (χ2v) is 13.5.